The molecule has 0 aliphatic carbocycles. The molecule has 2 heterocycles. The molecular formula is C14H11N3O. The van der Waals surface area contributed by atoms with E-state index in [1.54, 1.807) is 12.3 Å². The number of benzene rings is 1. The SMILES string of the molecule is Cc1cccnc1-c1nc2ccccc2c(=O)[nH]1. The molecule has 1 N–H and O–H groups in total. The van der Waals surface area contributed by atoms with Crippen molar-refractivity contribution in [3.63, 3.8) is 0 Å². The molecule has 0 aliphatic rings. The monoisotopic (exact) mass is 237 g/mol. The summed E-state index contributed by atoms with van der Waals surface area (Å²) in [5.74, 6) is 0.511. The van der Waals surface area contributed by atoms with Crippen LogP contribution in [0.1, 0.15) is 5.56 Å². The highest BCUT2D eigenvalue weighted by molar-refractivity contribution is 5.79. The quantitative estimate of drug-likeness (QED) is 0.706. The molecule has 0 fully saturated rings. The summed E-state index contributed by atoms with van der Waals surface area (Å²) in [6.45, 7) is 1.94. The Kier molecular flexibility index (Phi) is 2.41. The van der Waals surface area contributed by atoms with Gasteiger partial charge < -0.3 is 4.98 Å². The second-order valence-corrected chi connectivity index (χ2v) is 4.10. The molecule has 0 unspecified atom stereocenters. The van der Waals surface area contributed by atoms with E-state index in [2.05, 4.69) is 15.0 Å². The van der Waals surface area contributed by atoms with E-state index in [1.165, 1.54) is 0 Å². The van der Waals surface area contributed by atoms with E-state index in [0.29, 0.717) is 22.4 Å². The van der Waals surface area contributed by atoms with E-state index in [0.717, 1.165) is 5.56 Å². The minimum atomic E-state index is -0.138. The van der Waals surface area contributed by atoms with Crippen LogP contribution < -0.4 is 5.56 Å². The lowest BCUT2D eigenvalue weighted by Gasteiger charge is -2.04. The molecule has 0 aliphatic heterocycles. The van der Waals surface area contributed by atoms with Gasteiger partial charge in [-0.1, -0.05) is 18.2 Å². The van der Waals surface area contributed by atoms with Crippen LogP contribution in [0.2, 0.25) is 0 Å². The number of fused-ring (bicyclic) bond motifs is 1. The first-order chi connectivity index (χ1) is 8.75. The smallest absolute Gasteiger partial charge is 0.259 e. The number of aryl methyl sites for hydroxylation is 1. The van der Waals surface area contributed by atoms with E-state index in [-0.39, 0.29) is 5.56 Å². The van der Waals surface area contributed by atoms with Gasteiger partial charge in [-0.15, -0.1) is 0 Å². The summed E-state index contributed by atoms with van der Waals surface area (Å²) in [5, 5.41) is 0.592. The molecule has 4 heteroatoms. The van der Waals surface area contributed by atoms with Crippen molar-refractivity contribution in [3.8, 4) is 11.5 Å². The lowest BCUT2D eigenvalue weighted by Crippen LogP contribution is -2.10. The third-order valence-electron chi connectivity index (χ3n) is 2.85. The number of nitrogens with zero attached hydrogens (tertiary/aromatic N) is 2. The molecule has 2 aromatic heterocycles. The van der Waals surface area contributed by atoms with Gasteiger partial charge in [-0.2, -0.15) is 0 Å². The molecule has 0 spiro atoms. The molecule has 88 valence electrons. The Bertz CT molecular complexity index is 777. The number of nitrogens with one attached hydrogen (secondary N) is 1. The highest BCUT2D eigenvalue weighted by atomic mass is 16.1. The zero-order valence-electron chi connectivity index (χ0n) is 9.84. The summed E-state index contributed by atoms with van der Waals surface area (Å²) in [6, 6.07) is 11.1. The topological polar surface area (TPSA) is 58.6 Å². The van der Waals surface area contributed by atoms with Crippen LogP contribution in [0.5, 0.6) is 0 Å². The molecule has 0 radical (unpaired) electrons. The Balaban J connectivity index is 2.32. The summed E-state index contributed by atoms with van der Waals surface area (Å²) in [4.78, 5) is 23.5. The Morgan fingerprint density at radius 1 is 1.11 bits per heavy atom. The lowest BCUT2D eigenvalue weighted by molar-refractivity contribution is 1.13. The number of rotatable bonds is 1. The van der Waals surface area contributed by atoms with Gasteiger partial charge in [-0.3, -0.25) is 9.78 Å². The van der Waals surface area contributed by atoms with Gasteiger partial charge in [0.2, 0.25) is 0 Å². The summed E-state index contributed by atoms with van der Waals surface area (Å²) in [5.41, 5.74) is 2.23. The maximum atomic E-state index is 12.0. The van der Waals surface area contributed by atoms with Crippen molar-refractivity contribution in [2.45, 2.75) is 6.92 Å². The predicted molar refractivity (Wildman–Crippen MR) is 70.3 cm³/mol. The standard InChI is InChI=1S/C14H11N3O/c1-9-5-4-8-15-12(9)13-16-11-7-3-2-6-10(11)14(18)17-13/h2-8H,1H3,(H,16,17,18). The first-order valence-electron chi connectivity index (χ1n) is 5.67. The second kappa shape index (κ2) is 4.07. The summed E-state index contributed by atoms with van der Waals surface area (Å²) >= 11 is 0. The zero-order chi connectivity index (χ0) is 12.5. The number of aromatic nitrogens is 3. The Hall–Kier alpha value is -2.49. The van der Waals surface area contributed by atoms with Crippen molar-refractivity contribution in [3.05, 3.63) is 58.5 Å². The van der Waals surface area contributed by atoms with Crippen LogP contribution in [-0.2, 0) is 0 Å². The number of H-pyrrole nitrogens is 1. The Morgan fingerprint density at radius 2 is 1.94 bits per heavy atom. The maximum Gasteiger partial charge on any atom is 0.259 e. The van der Waals surface area contributed by atoms with E-state index < -0.39 is 0 Å². The molecule has 0 amide bonds. The predicted octanol–water partition coefficient (Wildman–Crippen LogP) is 2.29. The number of hydrogen-bond donors (Lipinski definition) is 1. The van der Waals surface area contributed by atoms with Gasteiger partial charge in [0.05, 0.1) is 10.9 Å². The average molecular weight is 237 g/mol. The molecule has 0 saturated carbocycles. The third kappa shape index (κ3) is 1.68. The Morgan fingerprint density at radius 3 is 2.78 bits per heavy atom. The summed E-state index contributed by atoms with van der Waals surface area (Å²) in [6.07, 6.45) is 1.69. The van der Waals surface area contributed by atoms with E-state index >= 15 is 0 Å². The molecule has 0 atom stereocenters. The summed E-state index contributed by atoms with van der Waals surface area (Å²) < 4.78 is 0. The molecule has 3 rings (SSSR count). The lowest BCUT2D eigenvalue weighted by atomic mass is 10.2. The maximum absolute atomic E-state index is 12.0. The zero-order valence-corrected chi connectivity index (χ0v) is 9.84. The number of aromatic amines is 1. The van der Waals surface area contributed by atoms with E-state index in [9.17, 15) is 4.79 Å². The minimum absolute atomic E-state index is 0.138. The molecule has 1 aromatic carbocycles. The van der Waals surface area contributed by atoms with Crippen LogP contribution >= 0.6 is 0 Å². The fraction of sp³-hybridized carbons (Fsp3) is 0.0714. The fourth-order valence-electron chi connectivity index (χ4n) is 1.93. The van der Waals surface area contributed by atoms with Gasteiger partial charge in [-0.05, 0) is 30.7 Å². The molecule has 3 aromatic rings. The van der Waals surface area contributed by atoms with Crippen molar-refractivity contribution >= 4 is 10.9 Å². The number of para-hydroxylation sites is 1. The third-order valence-corrected chi connectivity index (χ3v) is 2.85. The van der Waals surface area contributed by atoms with Crippen LogP contribution in [0.3, 0.4) is 0 Å². The van der Waals surface area contributed by atoms with E-state index in [1.807, 2.05) is 37.3 Å². The van der Waals surface area contributed by atoms with Crippen LogP contribution in [0.15, 0.2) is 47.4 Å². The van der Waals surface area contributed by atoms with Crippen LogP contribution in [-0.4, -0.2) is 15.0 Å². The van der Waals surface area contributed by atoms with Gasteiger partial charge >= 0.3 is 0 Å². The number of hydrogen-bond acceptors (Lipinski definition) is 3. The highest BCUT2D eigenvalue weighted by Crippen LogP contribution is 2.16. The van der Waals surface area contributed by atoms with Crippen molar-refractivity contribution < 1.29 is 0 Å². The molecule has 18 heavy (non-hydrogen) atoms. The van der Waals surface area contributed by atoms with E-state index in [4.69, 9.17) is 0 Å². The van der Waals surface area contributed by atoms with Crippen molar-refractivity contribution in [1.82, 2.24) is 15.0 Å². The van der Waals surface area contributed by atoms with Crippen molar-refractivity contribution in [2.75, 3.05) is 0 Å². The van der Waals surface area contributed by atoms with Gasteiger partial charge in [0.15, 0.2) is 5.82 Å². The highest BCUT2D eigenvalue weighted by Gasteiger charge is 2.08. The van der Waals surface area contributed by atoms with Gasteiger partial charge in [0.25, 0.3) is 5.56 Å². The molecule has 0 saturated heterocycles. The first-order valence-corrected chi connectivity index (χ1v) is 5.67. The normalized spacial score (nSPS) is 10.7. The van der Waals surface area contributed by atoms with Gasteiger partial charge in [0, 0.05) is 6.20 Å². The number of pyridine rings is 1. The first kappa shape index (κ1) is 10.7. The largest absolute Gasteiger partial charge is 0.305 e. The second-order valence-electron chi connectivity index (χ2n) is 4.10. The molecule has 4 nitrogen and oxygen atoms in total. The minimum Gasteiger partial charge on any atom is -0.305 e. The fourth-order valence-corrected chi connectivity index (χ4v) is 1.93. The molecule has 0 bridgehead atoms. The van der Waals surface area contributed by atoms with Crippen LogP contribution in [0, 0.1) is 6.92 Å². The Labute approximate surface area is 103 Å². The average Bonchev–Trinajstić information content (AvgIpc) is 2.39. The van der Waals surface area contributed by atoms with Crippen LogP contribution in [0.25, 0.3) is 22.4 Å². The molecular weight excluding hydrogens is 226 g/mol. The van der Waals surface area contributed by atoms with Gasteiger partial charge in [0.1, 0.15) is 5.69 Å². The van der Waals surface area contributed by atoms with Gasteiger partial charge in [-0.25, -0.2) is 4.98 Å². The van der Waals surface area contributed by atoms with Crippen LogP contribution in [0.4, 0.5) is 0 Å². The van der Waals surface area contributed by atoms with Crippen molar-refractivity contribution in [2.24, 2.45) is 0 Å². The summed E-state index contributed by atoms with van der Waals surface area (Å²) in [7, 11) is 0. The van der Waals surface area contributed by atoms with Crippen molar-refractivity contribution in [1.29, 1.82) is 0 Å².